The lowest BCUT2D eigenvalue weighted by Gasteiger charge is -2.00. The van der Waals surface area contributed by atoms with E-state index in [4.69, 9.17) is 10.00 Å². The SMILES string of the molecule is CCc1sc(-c2ccc(OC)cc2)nc1-c1n[nH]nc1C#N. The molecule has 0 aliphatic carbocycles. The van der Waals surface area contributed by atoms with Gasteiger partial charge in [-0.15, -0.1) is 16.4 Å². The van der Waals surface area contributed by atoms with Gasteiger partial charge in [-0.3, -0.25) is 0 Å². The number of nitrogens with one attached hydrogen (secondary N) is 1. The molecule has 0 saturated carbocycles. The number of aromatic amines is 1. The zero-order valence-corrected chi connectivity index (χ0v) is 12.9. The summed E-state index contributed by atoms with van der Waals surface area (Å²) in [7, 11) is 1.64. The monoisotopic (exact) mass is 311 g/mol. The first-order valence-corrected chi connectivity index (χ1v) is 7.53. The average molecular weight is 311 g/mol. The maximum Gasteiger partial charge on any atom is 0.192 e. The molecule has 22 heavy (non-hydrogen) atoms. The molecular weight excluding hydrogens is 298 g/mol. The van der Waals surface area contributed by atoms with Gasteiger partial charge in [0.25, 0.3) is 0 Å². The Hall–Kier alpha value is -2.72. The van der Waals surface area contributed by atoms with Crippen LogP contribution in [0.2, 0.25) is 0 Å². The third kappa shape index (κ3) is 2.44. The number of aryl methyl sites for hydroxylation is 1. The van der Waals surface area contributed by atoms with Crippen molar-refractivity contribution in [2.75, 3.05) is 7.11 Å². The maximum absolute atomic E-state index is 9.10. The number of nitrogens with zero attached hydrogens (tertiary/aromatic N) is 4. The molecule has 0 atom stereocenters. The Kier molecular flexibility index (Phi) is 3.85. The van der Waals surface area contributed by atoms with E-state index in [2.05, 4.69) is 27.3 Å². The van der Waals surface area contributed by atoms with Gasteiger partial charge in [0.05, 0.1) is 7.11 Å². The van der Waals surface area contributed by atoms with Crippen LogP contribution >= 0.6 is 11.3 Å². The lowest BCUT2D eigenvalue weighted by molar-refractivity contribution is 0.415. The zero-order chi connectivity index (χ0) is 15.5. The summed E-state index contributed by atoms with van der Waals surface area (Å²) >= 11 is 1.60. The number of thiazole rings is 1. The molecule has 0 saturated heterocycles. The van der Waals surface area contributed by atoms with Gasteiger partial charge < -0.3 is 4.74 Å². The first-order chi connectivity index (χ1) is 10.8. The van der Waals surface area contributed by atoms with E-state index in [0.29, 0.717) is 5.69 Å². The Labute approximate surface area is 131 Å². The fourth-order valence-corrected chi connectivity index (χ4v) is 3.11. The highest BCUT2D eigenvalue weighted by Gasteiger charge is 2.19. The number of nitriles is 1. The summed E-state index contributed by atoms with van der Waals surface area (Å²) in [6, 6.07) is 9.77. The second-order valence-electron chi connectivity index (χ2n) is 4.51. The Morgan fingerprint density at radius 3 is 2.64 bits per heavy atom. The lowest BCUT2D eigenvalue weighted by atomic mass is 10.2. The normalized spacial score (nSPS) is 10.4. The number of rotatable bonds is 4. The molecule has 0 spiro atoms. The number of aromatic nitrogens is 4. The van der Waals surface area contributed by atoms with E-state index in [1.165, 1.54) is 0 Å². The summed E-state index contributed by atoms with van der Waals surface area (Å²) in [5.74, 6) is 0.805. The van der Waals surface area contributed by atoms with Gasteiger partial charge in [-0.1, -0.05) is 6.92 Å². The van der Waals surface area contributed by atoms with Crippen molar-refractivity contribution in [1.29, 1.82) is 5.26 Å². The van der Waals surface area contributed by atoms with Gasteiger partial charge in [0.2, 0.25) is 0 Å². The minimum Gasteiger partial charge on any atom is -0.497 e. The fourth-order valence-electron chi connectivity index (χ4n) is 2.11. The van der Waals surface area contributed by atoms with Crippen LogP contribution in [0, 0.1) is 11.3 Å². The summed E-state index contributed by atoms with van der Waals surface area (Å²) in [5, 5.41) is 20.4. The van der Waals surface area contributed by atoms with Crippen LogP contribution in [0.3, 0.4) is 0 Å². The third-order valence-corrected chi connectivity index (χ3v) is 4.48. The lowest BCUT2D eigenvalue weighted by Crippen LogP contribution is -1.88. The van der Waals surface area contributed by atoms with Crippen molar-refractivity contribution >= 4 is 11.3 Å². The standard InChI is InChI=1S/C15H13N5OS/c1-3-12-14(13-11(8-16)18-20-19-13)17-15(22-12)9-4-6-10(21-2)7-5-9/h4-7H,3H2,1-2H3,(H,18,19,20). The van der Waals surface area contributed by atoms with Gasteiger partial charge in [-0.25, -0.2) is 4.98 Å². The Bertz CT molecular complexity index is 828. The van der Waals surface area contributed by atoms with Crippen molar-refractivity contribution in [3.05, 3.63) is 34.8 Å². The average Bonchev–Trinajstić information content (AvgIpc) is 3.20. The fraction of sp³-hybridized carbons (Fsp3) is 0.200. The van der Waals surface area contributed by atoms with E-state index in [1.807, 2.05) is 30.3 Å². The van der Waals surface area contributed by atoms with Gasteiger partial charge in [-0.2, -0.15) is 15.6 Å². The molecule has 0 amide bonds. The Balaban J connectivity index is 2.06. The van der Waals surface area contributed by atoms with Crippen LogP contribution in [0.25, 0.3) is 22.0 Å². The zero-order valence-electron chi connectivity index (χ0n) is 12.1. The third-order valence-electron chi connectivity index (χ3n) is 3.23. The summed E-state index contributed by atoms with van der Waals surface area (Å²) in [6.07, 6.45) is 0.820. The topological polar surface area (TPSA) is 87.5 Å². The first-order valence-electron chi connectivity index (χ1n) is 6.72. The van der Waals surface area contributed by atoms with Crippen LogP contribution in [0.4, 0.5) is 0 Å². The van der Waals surface area contributed by atoms with Crippen LogP contribution in [0.1, 0.15) is 17.5 Å². The summed E-state index contributed by atoms with van der Waals surface area (Å²) in [6.45, 7) is 2.06. The molecular formula is C15H13N5OS. The van der Waals surface area contributed by atoms with Gasteiger partial charge in [0.15, 0.2) is 11.4 Å². The van der Waals surface area contributed by atoms with Crippen molar-refractivity contribution in [1.82, 2.24) is 20.4 Å². The van der Waals surface area contributed by atoms with Gasteiger partial charge >= 0.3 is 0 Å². The minimum absolute atomic E-state index is 0.265. The molecule has 1 aromatic carbocycles. The predicted molar refractivity (Wildman–Crippen MR) is 83.6 cm³/mol. The molecule has 0 aliphatic rings. The van der Waals surface area contributed by atoms with Crippen LogP contribution in [0.5, 0.6) is 5.75 Å². The van der Waals surface area contributed by atoms with Crippen LogP contribution in [-0.4, -0.2) is 27.5 Å². The van der Waals surface area contributed by atoms with E-state index in [1.54, 1.807) is 18.4 Å². The summed E-state index contributed by atoms with van der Waals surface area (Å²) in [5.41, 5.74) is 2.51. The molecule has 110 valence electrons. The van der Waals surface area contributed by atoms with Gasteiger partial charge in [0, 0.05) is 10.4 Å². The molecule has 3 rings (SSSR count). The second kappa shape index (κ2) is 5.95. The highest BCUT2D eigenvalue weighted by Crippen LogP contribution is 2.34. The first kappa shape index (κ1) is 14.2. The highest BCUT2D eigenvalue weighted by atomic mass is 32.1. The molecule has 0 unspecified atom stereocenters. The summed E-state index contributed by atoms with van der Waals surface area (Å²) in [4.78, 5) is 5.74. The second-order valence-corrected chi connectivity index (χ2v) is 5.59. The van der Waals surface area contributed by atoms with Crippen molar-refractivity contribution in [3.63, 3.8) is 0 Å². The predicted octanol–water partition coefficient (Wildman–Crippen LogP) is 3.04. The Morgan fingerprint density at radius 1 is 1.23 bits per heavy atom. The number of H-pyrrole nitrogens is 1. The van der Waals surface area contributed by atoms with Crippen LogP contribution in [-0.2, 0) is 6.42 Å². The Morgan fingerprint density at radius 2 is 2.00 bits per heavy atom. The van der Waals surface area contributed by atoms with E-state index in [0.717, 1.165) is 33.3 Å². The molecule has 6 nitrogen and oxygen atoms in total. The summed E-state index contributed by atoms with van der Waals surface area (Å²) < 4.78 is 5.17. The van der Waals surface area contributed by atoms with Gasteiger partial charge in [-0.05, 0) is 30.7 Å². The number of hydrogen-bond acceptors (Lipinski definition) is 6. The van der Waals surface area contributed by atoms with E-state index >= 15 is 0 Å². The molecule has 0 fully saturated rings. The van der Waals surface area contributed by atoms with Crippen molar-refractivity contribution in [3.8, 4) is 33.8 Å². The number of benzene rings is 1. The molecule has 3 aromatic rings. The van der Waals surface area contributed by atoms with Crippen molar-refractivity contribution in [2.24, 2.45) is 0 Å². The number of ether oxygens (including phenoxy) is 1. The quantitative estimate of drug-likeness (QED) is 0.800. The van der Waals surface area contributed by atoms with Gasteiger partial charge in [0.1, 0.15) is 22.5 Å². The molecule has 0 radical (unpaired) electrons. The molecule has 0 bridgehead atoms. The molecule has 2 heterocycles. The number of hydrogen-bond donors (Lipinski definition) is 1. The largest absolute Gasteiger partial charge is 0.497 e. The molecule has 7 heteroatoms. The number of methoxy groups -OCH3 is 1. The smallest absolute Gasteiger partial charge is 0.192 e. The minimum atomic E-state index is 0.265. The maximum atomic E-state index is 9.10. The van der Waals surface area contributed by atoms with Crippen LogP contribution < -0.4 is 4.74 Å². The molecule has 1 N–H and O–H groups in total. The van der Waals surface area contributed by atoms with Crippen LogP contribution in [0.15, 0.2) is 24.3 Å². The molecule has 2 aromatic heterocycles. The molecule has 0 aliphatic heterocycles. The van der Waals surface area contributed by atoms with E-state index in [9.17, 15) is 0 Å². The van der Waals surface area contributed by atoms with Crippen molar-refractivity contribution in [2.45, 2.75) is 13.3 Å². The van der Waals surface area contributed by atoms with Crippen molar-refractivity contribution < 1.29 is 4.74 Å². The highest BCUT2D eigenvalue weighted by molar-refractivity contribution is 7.15. The van der Waals surface area contributed by atoms with E-state index in [-0.39, 0.29) is 5.69 Å². The van der Waals surface area contributed by atoms with E-state index < -0.39 is 0 Å².